The van der Waals surface area contributed by atoms with Crippen LogP contribution in [0.4, 0.5) is 11.4 Å². The van der Waals surface area contributed by atoms with E-state index >= 15 is 0 Å². The molecule has 2 heteroatoms. The van der Waals surface area contributed by atoms with Crippen LogP contribution in [0.3, 0.4) is 0 Å². The minimum absolute atomic E-state index is 0.396. The Hall–Kier alpha value is -8.20. The van der Waals surface area contributed by atoms with E-state index < -0.39 is 5.41 Å². The van der Waals surface area contributed by atoms with Gasteiger partial charge in [-0.2, -0.15) is 0 Å². The van der Waals surface area contributed by atoms with Gasteiger partial charge in [-0.1, -0.05) is 201 Å². The fourth-order valence-corrected chi connectivity index (χ4v) is 10.4. The second kappa shape index (κ2) is 14.8. The first kappa shape index (κ1) is 36.6. The normalized spacial score (nSPS) is 13.3. The molecule has 0 aliphatic heterocycles. The van der Waals surface area contributed by atoms with E-state index in [0.29, 0.717) is 0 Å². The van der Waals surface area contributed by atoms with Gasteiger partial charge in [-0.15, -0.1) is 0 Å². The molecule has 0 fully saturated rings. The Labute approximate surface area is 367 Å². The fraction of sp³-hybridized carbons (Fsp3) is 0.0164. The fourth-order valence-electron chi connectivity index (χ4n) is 10.4. The molecule has 0 amide bonds. The molecule has 2 aliphatic rings. The third-order valence-corrected chi connectivity index (χ3v) is 13.2. The van der Waals surface area contributed by atoms with Gasteiger partial charge in [0.25, 0.3) is 0 Å². The molecular weight excluding hydrogens is 763 g/mol. The molecule has 0 unspecified atom stereocenters. The maximum atomic E-state index is 6.52. The van der Waals surface area contributed by atoms with Gasteiger partial charge in [0.15, 0.2) is 0 Å². The number of furan rings is 1. The number of benzene rings is 9. The zero-order valence-electron chi connectivity index (χ0n) is 34.6. The predicted octanol–water partition coefficient (Wildman–Crippen LogP) is 16.2. The van der Waals surface area contributed by atoms with Crippen LogP contribution < -0.4 is 4.90 Å². The summed E-state index contributed by atoms with van der Waals surface area (Å²) in [4.78, 5) is 2.34. The van der Waals surface area contributed by atoms with E-state index in [1.807, 2.05) is 12.1 Å². The Bertz CT molecular complexity index is 3430. The number of hydrogen-bond acceptors (Lipinski definition) is 2. The summed E-state index contributed by atoms with van der Waals surface area (Å²) in [6, 6.07) is 76.7. The lowest BCUT2D eigenvalue weighted by molar-refractivity contribution is 0.670. The Kier molecular flexibility index (Phi) is 8.58. The number of hydrogen-bond donors (Lipinski definition) is 0. The van der Waals surface area contributed by atoms with Crippen LogP contribution in [0.15, 0.2) is 248 Å². The number of para-hydroxylation sites is 2. The van der Waals surface area contributed by atoms with Crippen molar-refractivity contribution in [1.82, 2.24) is 0 Å². The molecule has 296 valence electrons. The van der Waals surface area contributed by atoms with Crippen molar-refractivity contribution in [2.75, 3.05) is 4.90 Å². The highest BCUT2D eigenvalue weighted by Gasteiger charge is 2.51. The van der Waals surface area contributed by atoms with E-state index in [1.54, 1.807) is 0 Å². The van der Waals surface area contributed by atoms with E-state index in [4.69, 9.17) is 4.42 Å². The van der Waals surface area contributed by atoms with Crippen molar-refractivity contribution in [1.29, 1.82) is 0 Å². The summed E-state index contributed by atoms with van der Waals surface area (Å²) < 4.78 is 6.52. The van der Waals surface area contributed by atoms with Gasteiger partial charge in [0.2, 0.25) is 0 Å². The van der Waals surface area contributed by atoms with E-state index in [1.165, 1.54) is 44.5 Å². The lowest BCUT2D eigenvalue weighted by atomic mass is 9.70. The molecule has 1 spiro atoms. The van der Waals surface area contributed by atoms with Crippen LogP contribution in [0.2, 0.25) is 0 Å². The largest absolute Gasteiger partial charge is 0.455 e. The standard InChI is InChI=1S/C61H41NO/c1-2-41(44-34-37-59-53(39-44)51-29-17-28-47(60(51)63-59)43-21-7-4-8-22-43)23-18-38-62(58-33-16-12-24-46(58)42-19-5-3-6-20-42)45-35-36-57-52(40-45)50-27-11-15-32-56(50)61(57)54-30-13-9-25-48(54)49-26-10-14-31-55(49)61/h2-40H,1H2/b38-18+,41-23+. The molecule has 2 nitrogen and oxygen atoms in total. The van der Waals surface area contributed by atoms with Crippen molar-refractivity contribution in [3.05, 3.63) is 271 Å². The van der Waals surface area contributed by atoms with Crippen LogP contribution in [0.5, 0.6) is 0 Å². The van der Waals surface area contributed by atoms with Gasteiger partial charge in [0, 0.05) is 33.8 Å². The van der Waals surface area contributed by atoms with Crippen molar-refractivity contribution in [3.63, 3.8) is 0 Å². The van der Waals surface area contributed by atoms with Crippen molar-refractivity contribution in [2.24, 2.45) is 0 Å². The van der Waals surface area contributed by atoms with Crippen LogP contribution in [0.25, 0.3) is 72.0 Å². The molecule has 0 N–H and O–H groups in total. The second-order valence-electron chi connectivity index (χ2n) is 16.4. The average molecular weight is 804 g/mol. The molecule has 63 heavy (non-hydrogen) atoms. The summed E-state index contributed by atoms with van der Waals surface area (Å²) in [6.07, 6.45) is 8.44. The molecule has 1 heterocycles. The van der Waals surface area contributed by atoms with Gasteiger partial charge in [-0.25, -0.2) is 0 Å². The third kappa shape index (κ3) is 5.65. The highest BCUT2D eigenvalue weighted by Crippen LogP contribution is 2.63. The highest BCUT2D eigenvalue weighted by molar-refractivity contribution is 6.10. The van der Waals surface area contributed by atoms with Crippen molar-refractivity contribution < 1.29 is 4.42 Å². The quantitative estimate of drug-likeness (QED) is 0.142. The summed E-state index contributed by atoms with van der Waals surface area (Å²) >= 11 is 0. The molecule has 0 radical (unpaired) electrons. The monoisotopic (exact) mass is 803 g/mol. The Morgan fingerprint density at radius 1 is 0.460 bits per heavy atom. The number of fused-ring (bicyclic) bond motifs is 13. The van der Waals surface area contributed by atoms with Crippen LogP contribution >= 0.6 is 0 Å². The SMILES string of the molecule is C=C/C(=C\C=C\N(c1ccc2c(c1)-c1ccccc1C21c2ccccc2-c2ccccc21)c1ccccc1-c1ccccc1)c1ccc2oc3c(-c4ccccc4)cccc3c2c1. The van der Waals surface area contributed by atoms with Crippen molar-refractivity contribution in [2.45, 2.75) is 5.41 Å². The summed E-state index contributed by atoms with van der Waals surface area (Å²) in [6.45, 7) is 4.28. The summed E-state index contributed by atoms with van der Waals surface area (Å²) in [5, 5.41) is 2.18. The van der Waals surface area contributed by atoms with E-state index in [9.17, 15) is 0 Å². The average Bonchev–Trinajstić information content (AvgIpc) is 3.98. The molecule has 0 atom stereocenters. The molecule has 0 bridgehead atoms. The molecule has 0 saturated carbocycles. The molecule has 9 aromatic carbocycles. The van der Waals surface area contributed by atoms with Crippen LogP contribution in [-0.4, -0.2) is 0 Å². The number of rotatable bonds is 8. The number of allylic oxidation sites excluding steroid dienone is 4. The van der Waals surface area contributed by atoms with Crippen molar-refractivity contribution in [3.8, 4) is 44.5 Å². The molecule has 0 saturated heterocycles. The van der Waals surface area contributed by atoms with Crippen LogP contribution in [-0.2, 0) is 5.41 Å². The maximum absolute atomic E-state index is 6.52. The van der Waals surface area contributed by atoms with Gasteiger partial charge in [0.1, 0.15) is 11.2 Å². The summed E-state index contributed by atoms with van der Waals surface area (Å²) in [5.41, 5.74) is 20.6. The zero-order chi connectivity index (χ0) is 41.9. The molecule has 2 aliphatic carbocycles. The first-order chi connectivity index (χ1) is 31.2. The smallest absolute Gasteiger partial charge is 0.143 e. The van der Waals surface area contributed by atoms with E-state index in [2.05, 4.69) is 236 Å². The van der Waals surface area contributed by atoms with Gasteiger partial charge in [0.05, 0.1) is 11.1 Å². The van der Waals surface area contributed by atoms with Crippen LogP contribution in [0.1, 0.15) is 27.8 Å². The summed E-state index contributed by atoms with van der Waals surface area (Å²) in [7, 11) is 0. The van der Waals surface area contributed by atoms with Gasteiger partial charge < -0.3 is 9.32 Å². The number of anilines is 2. The lowest BCUT2D eigenvalue weighted by Gasteiger charge is -2.31. The molecular formula is C61H41NO. The Balaban J connectivity index is 0.997. The molecule has 10 aromatic rings. The lowest BCUT2D eigenvalue weighted by Crippen LogP contribution is -2.25. The topological polar surface area (TPSA) is 16.4 Å². The van der Waals surface area contributed by atoms with E-state index in [0.717, 1.165) is 66.7 Å². The zero-order valence-corrected chi connectivity index (χ0v) is 34.6. The summed E-state index contributed by atoms with van der Waals surface area (Å²) in [5.74, 6) is 0. The Morgan fingerprint density at radius 2 is 1.02 bits per heavy atom. The van der Waals surface area contributed by atoms with Crippen molar-refractivity contribution >= 4 is 38.9 Å². The number of nitrogens with zero attached hydrogens (tertiary/aromatic N) is 1. The molecule has 1 aromatic heterocycles. The second-order valence-corrected chi connectivity index (χ2v) is 16.4. The van der Waals surface area contributed by atoms with Gasteiger partial charge >= 0.3 is 0 Å². The molecule has 12 rings (SSSR count). The maximum Gasteiger partial charge on any atom is 0.143 e. The van der Waals surface area contributed by atoms with Gasteiger partial charge in [-0.05, 0) is 103 Å². The van der Waals surface area contributed by atoms with Crippen LogP contribution in [0, 0.1) is 0 Å². The highest BCUT2D eigenvalue weighted by atomic mass is 16.3. The minimum atomic E-state index is -0.396. The predicted molar refractivity (Wildman–Crippen MR) is 263 cm³/mol. The minimum Gasteiger partial charge on any atom is -0.455 e. The Morgan fingerprint density at radius 3 is 1.68 bits per heavy atom. The third-order valence-electron chi connectivity index (χ3n) is 13.2. The van der Waals surface area contributed by atoms with E-state index in [-0.39, 0.29) is 0 Å². The first-order valence-electron chi connectivity index (χ1n) is 21.6. The first-order valence-corrected chi connectivity index (χ1v) is 21.6. The van der Waals surface area contributed by atoms with Gasteiger partial charge in [-0.3, -0.25) is 0 Å².